The standard InChI is InChI=1S/C13H19NO3/c1-9-3-4-10(2)14(6-9)7-11-5-12(15)13(16)8-17-11/h5,8-10,16H,3-4,6-7H2,1-2H3/t9-,10+/m0/s1. The third-order valence-electron chi connectivity index (χ3n) is 3.47. The Hall–Kier alpha value is -1.29. The number of likely N-dealkylation sites (tertiary alicyclic amines) is 1. The molecule has 4 nitrogen and oxygen atoms in total. The molecule has 1 fully saturated rings. The van der Waals surface area contributed by atoms with Gasteiger partial charge < -0.3 is 9.52 Å². The van der Waals surface area contributed by atoms with Crippen LogP contribution in [0.3, 0.4) is 0 Å². The van der Waals surface area contributed by atoms with Crippen molar-refractivity contribution in [3.05, 3.63) is 28.3 Å². The summed E-state index contributed by atoms with van der Waals surface area (Å²) in [5.41, 5.74) is -0.371. The van der Waals surface area contributed by atoms with Gasteiger partial charge in [-0.05, 0) is 25.7 Å². The number of hydrogen-bond acceptors (Lipinski definition) is 4. The minimum Gasteiger partial charge on any atom is -0.502 e. The highest BCUT2D eigenvalue weighted by atomic mass is 16.4. The van der Waals surface area contributed by atoms with Crippen LogP contribution in [0, 0.1) is 5.92 Å². The van der Waals surface area contributed by atoms with Gasteiger partial charge >= 0.3 is 0 Å². The number of rotatable bonds is 2. The van der Waals surface area contributed by atoms with E-state index in [2.05, 4.69) is 18.7 Å². The fourth-order valence-corrected chi connectivity index (χ4v) is 2.33. The molecule has 0 bridgehead atoms. The molecule has 1 aromatic heterocycles. The first-order valence-electron chi connectivity index (χ1n) is 6.11. The molecule has 2 heterocycles. The van der Waals surface area contributed by atoms with Crippen LogP contribution in [-0.4, -0.2) is 22.6 Å². The molecule has 0 spiro atoms. The molecule has 0 radical (unpaired) electrons. The lowest BCUT2D eigenvalue weighted by Gasteiger charge is -2.36. The average molecular weight is 237 g/mol. The second kappa shape index (κ2) is 4.92. The zero-order valence-corrected chi connectivity index (χ0v) is 10.3. The van der Waals surface area contributed by atoms with Crippen molar-refractivity contribution >= 4 is 0 Å². The predicted molar refractivity (Wildman–Crippen MR) is 64.9 cm³/mol. The van der Waals surface area contributed by atoms with Gasteiger partial charge in [-0.2, -0.15) is 0 Å². The van der Waals surface area contributed by atoms with E-state index in [1.165, 1.54) is 18.9 Å². The summed E-state index contributed by atoms with van der Waals surface area (Å²) in [6.07, 6.45) is 3.57. The van der Waals surface area contributed by atoms with Crippen LogP contribution in [0.4, 0.5) is 0 Å². The van der Waals surface area contributed by atoms with Crippen LogP contribution in [0.2, 0.25) is 0 Å². The molecule has 0 unspecified atom stereocenters. The quantitative estimate of drug-likeness (QED) is 0.854. The van der Waals surface area contributed by atoms with E-state index in [0.717, 1.165) is 12.8 Å². The molecule has 0 saturated carbocycles. The minimum absolute atomic E-state index is 0.325. The van der Waals surface area contributed by atoms with Crippen LogP contribution in [-0.2, 0) is 6.54 Å². The Morgan fingerprint density at radius 2 is 2.24 bits per heavy atom. The second-order valence-corrected chi connectivity index (χ2v) is 5.06. The molecule has 17 heavy (non-hydrogen) atoms. The first-order valence-corrected chi connectivity index (χ1v) is 6.11. The molecule has 94 valence electrons. The Kier molecular flexibility index (Phi) is 3.52. The summed E-state index contributed by atoms with van der Waals surface area (Å²) in [5, 5.41) is 9.12. The molecule has 2 rings (SSSR count). The number of aromatic hydroxyl groups is 1. The molecule has 1 aromatic rings. The molecule has 2 atom stereocenters. The fraction of sp³-hybridized carbons (Fsp3) is 0.615. The maximum Gasteiger partial charge on any atom is 0.226 e. The van der Waals surface area contributed by atoms with Crippen molar-refractivity contribution in [2.45, 2.75) is 39.3 Å². The van der Waals surface area contributed by atoms with Crippen molar-refractivity contribution in [2.75, 3.05) is 6.54 Å². The van der Waals surface area contributed by atoms with E-state index >= 15 is 0 Å². The molecular weight excluding hydrogens is 218 g/mol. The van der Waals surface area contributed by atoms with Crippen LogP contribution in [0.25, 0.3) is 0 Å². The van der Waals surface area contributed by atoms with E-state index in [1.807, 2.05) is 0 Å². The second-order valence-electron chi connectivity index (χ2n) is 5.06. The molecule has 1 saturated heterocycles. The van der Waals surface area contributed by atoms with Crippen molar-refractivity contribution in [2.24, 2.45) is 5.92 Å². The summed E-state index contributed by atoms with van der Waals surface area (Å²) in [6.45, 7) is 6.11. The van der Waals surface area contributed by atoms with Crippen molar-refractivity contribution in [1.29, 1.82) is 0 Å². The summed E-state index contributed by atoms with van der Waals surface area (Å²) in [5.74, 6) is 0.984. The van der Waals surface area contributed by atoms with Gasteiger partial charge in [0.2, 0.25) is 5.43 Å². The molecule has 0 aromatic carbocycles. The van der Waals surface area contributed by atoms with E-state index < -0.39 is 0 Å². The minimum atomic E-state index is -0.371. The van der Waals surface area contributed by atoms with Crippen molar-refractivity contribution in [1.82, 2.24) is 4.90 Å². The SMILES string of the molecule is C[C@H]1CC[C@@H](C)N(Cc2cc(=O)c(O)co2)C1. The Labute approximate surface area is 101 Å². The van der Waals surface area contributed by atoms with Gasteiger partial charge in [-0.25, -0.2) is 0 Å². The Morgan fingerprint density at radius 1 is 1.47 bits per heavy atom. The van der Waals surface area contributed by atoms with E-state index in [-0.39, 0.29) is 11.2 Å². The Morgan fingerprint density at radius 3 is 2.94 bits per heavy atom. The lowest BCUT2D eigenvalue weighted by Crippen LogP contribution is -2.40. The summed E-state index contributed by atoms with van der Waals surface area (Å²) in [6, 6.07) is 1.90. The van der Waals surface area contributed by atoms with Gasteiger partial charge in [0.1, 0.15) is 12.0 Å². The molecule has 1 N–H and O–H groups in total. The van der Waals surface area contributed by atoms with E-state index in [1.54, 1.807) is 0 Å². The van der Waals surface area contributed by atoms with Gasteiger partial charge in [-0.15, -0.1) is 0 Å². The number of hydrogen-bond donors (Lipinski definition) is 1. The summed E-state index contributed by atoms with van der Waals surface area (Å²) >= 11 is 0. The summed E-state index contributed by atoms with van der Waals surface area (Å²) in [4.78, 5) is 13.6. The zero-order chi connectivity index (χ0) is 12.4. The first-order chi connectivity index (χ1) is 8.06. The first kappa shape index (κ1) is 12.2. The van der Waals surface area contributed by atoms with Crippen LogP contribution >= 0.6 is 0 Å². The maximum absolute atomic E-state index is 11.3. The predicted octanol–water partition coefficient (Wildman–Crippen LogP) is 1.97. The van der Waals surface area contributed by atoms with E-state index in [9.17, 15) is 4.79 Å². The topological polar surface area (TPSA) is 53.7 Å². The monoisotopic (exact) mass is 237 g/mol. The lowest BCUT2D eigenvalue weighted by molar-refractivity contribution is 0.108. The highest BCUT2D eigenvalue weighted by Gasteiger charge is 2.23. The smallest absolute Gasteiger partial charge is 0.226 e. The van der Waals surface area contributed by atoms with E-state index in [0.29, 0.717) is 24.3 Å². The third kappa shape index (κ3) is 2.88. The summed E-state index contributed by atoms with van der Waals surface area (Å²) < 4.78 is 5.23. The third-order valence-corrected chi connectivity index (χ3v) is 3.47. The van der Waals surface area contributed by atoms with Crippen molar-refractivity contribution in [3.8, 4) is 5.75 Å². The van der Waals surface area contributed by atoms with Crippen LogP contribution < -0.4 is 5.43 Å². The molecular formula is C13H19NO3. The summed E-state index contributed by atoms with van der Waals surface area (Å²) in [7, 11) is 0. The molecule has 1 aliphatic heterocycles. The Bertz CT molecular complexity index is 441. The molecule has 0 amide bonds. The highest BCUT2D eigenvalue weighted by Crippen LogP contribution is 2.23. The van der Waals surface area contributed by atoms with Crippen LogP contribution in [0.5, 0.6) is 5.75 Å². The number of piperidine rings is 1. The van der Waals surface area contributed by atoms with Crippen LogP contribution in [0.1, 0.15) is 32.4 Å². The van der Waals surface area contributed by atoms with Gasteiger partial charge in [-0.3, -0.25) is 9.69 Å². The van der Waals surface area contributed by atoms with Crippen molar-refractivity contribution < 1.29 is 9.52 Å². The molecule has 1 aliphatic rings. The van der Waals surface area contributed by atoms with Gasteiger partial charge in [0, 0.05) is 18.7 Å². The van der Waals surface area contributed by atoms with Crippen molar-refractivity contribution in [3.63, 3.8) is 0 Å². The molecule has 0 aliphatic carbocycles. The fourth-order valence-electron chi connectivity index (χ4n) is 2.33. The lowest BCUT2D eigenvalue weighted by atomic mass is 9.95. The zero-order valence-electron chi connectivity index (χ0n) is 10.3. The average Bonchev–Trinajstić information content (AvgIpc) is 2.29. The number of nitrogens with zero attached hydrogens (tertiary/aromatic N) is 1. The highest BCUT2D eigenvalue weighted by molar-refractivity contribution is 5.15. The van der Waals surface area contributed by atoms with E-state index in [4.69, 9.17) is 9.52 Å². The largest absolute Gasteiger partial charge is 0.502 e. The van der Waals surface area contributed by atoms with Gasteiger partial charge in [-0.1, -0.05) is 6.92 Å². The van der Waals surface area contributed by atoms with Crippen LogP contribution in [0.15, 0.2) is 21.5 Å². The maximum atomic E-state index is 11.3. The molecule has 4 heteroatoms. The normalized spacial score (nSPS) is 26.0. The van der Waals surface area contributed by atoms with Gasteiger partial charge in [0.05, 0.1) is 6.54 Å². The Balaban J connectivity index is 2.08. The van der Waals surface area contributed by atoms with Gasteiger partial charge in [0.25, 0.3) is 0 Å². The van der Waals surface area contributed by atoms with Gasteiger partial charge in [0.15, 0.2) is 5.75 Å².